The molecule has 1 saturated heterocycles. The van der Waals surface area contributed by atoms with Gasteiger partial charge in [-0.25, -0.2) is 4.39 Å². The third-order valence-corrected chi connectivity index (χ3v) is 6.38. The summed E-state index contributed by atoms with van der Waals surface area (Å²) >= 11 is 0. The number of hydrogen-bond donors (Lipinski definition) is 2. The van der Waals surface area contributed by atoms with Crippen LogP contribution in [-0.2, 0) is 17.5 Å². The van der Waals surface area contributed by atoms with Crippen molar-refractivity contribution in [3.8, 4) is 0 Å². The van der Waals surface area contributed by atoms with Crippen LogP contribution in [0.5, 0.6) is 0 Å². The Balaban J connectivity index is 0.00000225. The van der Waals surface area contributed by atoms with Crippen molar-refractivity contribution in [2.75, 3.05) is 13.7 Å². The number of aliphatic imine (C=N–C) groups is 1. The summed E-state index contributed by atoms with van der Waals surface area (Å²) in [4.78, 5) is 4.17. The van der Waals surface area contributed by atoms with Crippen LogP contribution in [0.3, 0.4) is 0 Å². The van der Waals surface area contributed by atoms with Crippen LogP contribution in [0.1, 0.15) is 36.8 Å². The minimum absolute atomic E-state index is 0. The van der Waals surface area contributed by atoms with Crippen LogP contribution in [0, 0.1) is 17.2 Å². The highest BCUT2D eigenvalue weighted by Gasteiger charge is 2.66. The Morgan fingerprint density at radius 3 is 2.68 bits per heavy atom. The molecule has 9 heteroatoms. The number of hydrogen-bond acceptors (Lipinski definition) is 2. The molecule has 3 aliphatic rings. The van der Waals surface area contributed by atoms with Gasteiger partial charge in [-0.15, -0.1) is 24.0 Å². The largest absolute Gasteiger partial charge is 0.416 e. The fourth-order valence-corrected chi connectivity index (χ4v) is 4.94. The normalized spacial score (nSPS) is 28.0. The van der Waals surface area contributed by atoms with E-state index >= 15 is 0 Å². The van der Waals surface area contributed by atoms with Crippen molar-refractivity contribution in [1.82, 2.24) is 10.6 Å². The number of nitrogens with zero attached hydrogens (tertiary/aromatic N) is 1. The molecule has 0 bridgehead atoms. The van der Waals surface area contributed by atoms with Gasteiger partial charge in [-0.05, 0) is 37.0 Å². The number of alkyl halides is 3. The highest BCUT2D eigenvalue weighted by Crippen LogP contribution is 2.62. The van der Waals surface area contributed by atoms with E-state index in [0.29, 0.717) is 24.0 Å². The van der Waals surface area contributed by atoms with Crippen LogP contribution in [0.2, 0.25) is 0 Å². The minimum atomic E-state index is -4.60. The lowest BCUT2D eigenvalue weighted by Gasteiger charge is -2.63. The van der Waals surface area contributed by atoms with Crippen LogP contribution < -0.4 is 10.6 Å². The third kappa shape index (κ3) is 3.59. The Kier molecular flexibility index (Phi) is 6.15. The summed E-state index contributed by atoms with van der Waals surface area (Å²) < 4.78 is 58.6. The second kappa shape index (κ2) is 7.97. The van der Waals surface area contributed by atoms with Gasteiger partial charge in [0.15, 0.2) is 5.96 Å². The van der Waals surface area contributed by atoms with E-state index in [-0.39, 0.29) is 47.5 Å². The molecular formula is C19H24F4IN3O. The highest BCUT2D eigenvalue weighted by atomic mass is 127. The molecule has 2 saturated carbocycles. The standard InChI is InChI=1S/C19H23F4N3O.HI/c1-24-17(25-10-11-3-4-12(20)9-14(11)19(21,22)23)26-15-13-5-8-27-16(13)18(15)6-2-7-18;/h3-4,9,13,15-16H,2,5-8,10H2,1H3,(H2,24,25,26);1H. The van der Waals surface area contributed by atoms with Crippen LogP contribution in [0.4, 0.5) is 17.6 Å². The summed E-state index contributed by atoms with van der Waals surface area (Å²) in [6.07, 6.45) is 0.0983. The summed E-state index contributed by atoms with van der Waals surface area (Å²) in [7, 11) is 1.60. The molecule has 0 radical (unpaired) electrons. The first kappa shape index (κ1) is 21.6. The Bertz CT molecular complexity index is 751. The van der Waals surface area contributed by atoms with E-state index < -0.39 is 17.6 Å². The fraction of sp³-hybridized carbons (Fsp3) is 0.632. The molecule has 1 aliphatic heterocycles. The Morgan fingerprint density at radius 1 is 1.32 bits per heavy atom. The summed E-state index contributed by atoms with van der Waals surface area (Å²) in [6, 6.07) is 2.97. The molecule has 0 aromatic heterocycles. The van der Waals surface area contributed by atoms with Gasteiger partial charge in [-0.3, -0.25) is 4.99 Å². The number of nitrogens with one attached hydrogen (secondary N) is 2. The monoisotopic (exact) mass is 513 g/mol. The molecule has 3 unspecified atom stereocenters. The van der Waals surface area contributed by atoms with Gasteiger partial charge in [0.05, 0.1) is 11.7 Å². The topological polar surface area (TPSA) is 45.7 Å². The summed E-state index contributed by atoms with van der Waals surface area (Å²) in [5, 5.41) is 6.37. The molecule has 1 aromatic carbocycles. The van der Waals surface area contributed by atoms with Gasteiger partial charge in [0.1, 0.15) is 5.82 Å². The van der Waals surface area contributed by atoms with E-state index in [1.807, 2.05) is 0 Å². The second-order valence-corrected chi connectivity index (χ2v) is 7.68. The zero-order valence-corrected chi connectivity index (χ0v) is 17.8. The molecule has 3 atom stereocenters. The van der Waals surface area contributed by atoms with E-state index in [1.54, 1.807) is 7.05 Å². The van der Waals surface area contributed by atoms with Gasteiger partial charge in [-0.2, -0.15) is 13.2 Å². The van der Waals surface area contributed by atoms with Crippen LogP contribution >= 0.6 is 24.0 Å². The van der Waals surface area contributed by atoms with Gasteiger partial charge < -0.3 is 15.4 Å². The van der Waals surface area contributed by atoms with Crippen molar-refractivity contribution in [1.29, 1.82) is 0 Å². The molecule has 1 aromatic rings. The molecule has 0 amide bonds. The van der Waals surface area contributed by atoms with Gasteiger partial charge in [0.25, 0.3) is 0 Å². The van der Waals surface area contributed by atoms with Crippen LogP contribution in [0.15, 0.2) is 23.2 Å². The highest BCUT2D eigenvalue weighted by molar-refractivity contribution is 14.0. The SMILES string of the molecule is CN=C(NCc1ccc(F)cc1C(F)(F)F)NC1C2CCOC2C12CCC2.I. The quantitative estimate of drug-likeness (QED) is 0.277. The zero-order valence-electron chi connectivity index (χ0n) is 15.5. The summed E-state index contributed by atoms with van der Waals surface area (Å²) in [5.41, 5.74) is -0.832. The maximum absolute atomic E-state index is 13.3. The average Bonchev–Trinajstić information content (AvgIpc) is 2.99. The van der Waals surface area contributed by atoms with Gasteiger partial charge in [0.2, 0.25) is 0 Å². The smallest absolute Gasteiger partial charge is 0.377 e. The van der Waals surface area contributed by atoms with Gasteiger partial charge in [0, 0.05) is 37.6 Å². The first-order chi connectivity index (χ1) is 12.8. The van der Waals surface area contributed by atoms with Crippen LogP contribution in [0.25, 0.3) is 0 Å². The molecule has 4 rings (SSSR count). The van der Waals surface area contributed by atoms with Crippen LogP contribution in [-0.4, -0.2) is 31.8 Å². The maximum Gasteiger partial charge on any atom is 0.416 e. The lowest BCUT2D eigenvalue weighted by molar-refractivity contribution is -0.171. The minimum Gasteiger partial charge on any atom is -0.377 e. The molecule has 2 aliphatic carbocycles. The summed E-state index contributed by atoms with van der Waals surface area (Å²) in [5.74, 6) is -0.00303. The predicted octanol–water partition coefficient (Wildman–Crippen LogP) is 4.09. The first-order valence-electron chi connectivity index (χ1n) is 9.29. The molecule has 1 heterocycles. The number of rotatable bonds is 3. The molecular weight excluding hydrogens is 489 g/mol. The first-order valence-corrected chi connectivity index (χ1v) is 9.29. The number of guanidine groups is 1. The summed E-state index contributed by atoms with van der Waals surface area (Å²) in [6.45, 7) is 0.685. The average molecular weight is 513 g/mol. The van der Waals surface area contributed by atoms with Gasteiger partial charge >= 0.3 is 6.18 Å². The lowest BCUT2D eigenvalue weighted by atomic mass is 9.46. The van der Waals surface area contributed by atoms with E-state index in [1.165, 1.54) is 6.42 Å². The molecule has 3 fully saturated rings. The van der Waals surface area contributed by atoms with E-state index in [0.717, 1.165) is 38.0 Å². The third-order valence-electron chi connectivity index (χ3n) is 6.38. The van der Waals surface area contributed by atoms with Crippen molar-refractivity contribution in [2.24, 2.45) is 16.3 Å². The van der Waals surface area contributed by atoms with Crippen molar-refractivity contribution < 1.29 is 22.3 Å². The Morgan fingerprint density at radius 2 is 2.07 bits per heavy atom. The van der Waals surface area contributed by atoms with Crippen molar-refractivity contribution in [3.05, 3.63) is 35.1 Å². The molecule has 28 heavy (non-hydrogen) atoms. The van der Waals surface area contributed by atoms with E-state index in [2.05, 4.69) is 15.6 Å². The van der Waals surface area contributed by atoms with E-state index in [9.17, 15) is 17.6 Å². The van der Waals surface area contributed by atoms with E-state index in [4.69, 9.17) is 4.74 Å². The Hall–Kier alpha value is -1.10. The van der Waals surface area contributed by atoms with Crippen molar-refractivity contribution in [2.45, 2.75) is 50.6 Å². The second-order valence-electron chi connectivity index (χ2n) is 7.68. The fourth-order valence-electron chi connectivity index (χ4n) is 4.94. The number of fused-ring (bicyclic) bond motifs is 2. The van der Waals surface area contributed by atoms with Crippen molar-refractivity contribution >= 4 is 29.9 Å². The van der Waals surface area contributed by atoms with Gasteiger partial charge in [-0.1, -0.05) is 12.5 Å². The number of ether oxygens (including phenoxy) is 1. The maximum atomic E-state index is 13.3. The molecule has 4 nitrogen and oxygen atoms in total. The number of halogens is 5. The zero-order chi connectivity index (χ0) is 19.2. The van der Waals surface area contributed by atoms with Crippen molar-refractivity contribution in [3.63, 3.8) is 0 Å². The molecule has 1 spiro atoms. The lowest BCUT2D eigenvalue weighted by Crippen LogP contribution is -2.72. The predicted molar refractivity (Wildman–Crippen MR) is 108 cm³/mol. The Labute approximate surface area is 178 Å². The molecule has 2 N–H and O–H groups in total. The number of benzene rings is 1. The molecule has 156 valence electrons.